The van der Waals surface area contributed by atoms with Gasteiger partial charge in [-0.05, 0) is 23.3 Å². The number of aromatic nitrogens is 4. The minimum atomic E-state index is -0.695. The quantitative estimate of drug-likeness (QED) is 0.385. The Morgan fingerprint density at radius 1 is 0.806 bits per heavy atom. The van der Waals surface area contributed by atoms with Crippen LogP contribution in [0.2, 0.25) is 0 Å². The van der Waals surface area contributed by atoms with E-state index in [1.165, 1.54) is 29.1 Å². The third-order valence-corrected chi connectivity index (χ3v) is 5.81. The average molecular weight is 484 g/mol. The summed E-state index contributed by atoms with van der Waals surface area (Å²) in [6, 6.07) is 24.5. The van der Waals surface area contributed by atoms with Crippen molar-refractivity contribution in [2.75, 3.05) is 5.32 Å². The molecule has 0 aliphatic heterocycles. The fraction of sp³-hybridized carbons (Fsp3) is 0.111. The second kappa shape index (κ2) is 9.83. The number of rotatable bonds is 7. The van der Waals surface area contributed by atoms with Crippen LogP contribution in [0.1, 0.15) is 11.1 Å². The van der Waals surface area contributed by atoms with Crippen LogP contribution < -0.4 is 16.6 Å². The molecule has 0 radical (unpaired) electrons. The number of hydrogen-bond donors (Lipinski definition) is 1. The number of halogens is 1. The van der Waals surface area contributed by atoms with Gasteiger partial charge in [0.15, 0.2) is 11.2 Å². The van der Waals surface area contributed by atoms with Gasteiger partial charge >= 0.3 is 5.69 Å². The summed E-state index contributed by atoms with van der Waals surface area (Å²) in [5.41, 5.74) is 0.862. The molecule has 2 heterocycles. The number of hydrogen-bond acceptors (Lipinski definition) is 4. The Hall–Kier alpha value is -4.79. The number of nitrogens with zero attached hydrogens (tertiary/aromatic N) is 4. The van der Waals surface area contributed by atoms with E-state index in [4.69, 9.17) is 0 Å². The van der Waals surface area contributed by atoms with Crippen LogP contribution in [-0.2, 0) is 24.4 Å². The first-order valence-electron chi connectivity index (χ1n) is 11.3. The van der Waals surface area contributed by atoms with Crippen LogP contribution in [0.25, 0.3) is 11.2 Å². The van der Waals surface area contributed by atoms with Crippen molar-refractivity contribution in [3.8, 4) is 0 Å². The predicted octanol–water partition coefficient (Wildman–Crippen LogP) is 3.23. The first-order chi connectivity index (χ1) is 17.5. The van der Waals surface area contributed by atoms with E-state index in [9.17, 15) is 18.8 Å². The van der Waals surface area contributed by atoms with Gasteiger partial charge in [-0.3, -0.25) is 14.2 Å². The molecule has 0 bridgehead atoms. The zero-order valence-corrected chi connectivity index (χ0v) is 19.2. The van der Waals surface area contributed by atoms with Gasteiger partial charge in [0.2, 0.25) is 5.91 Å². The molecule has 3 aromatic carbocycles. The van der Waals surface area contributed by atoms with Crippen LogP contribution in [0.15, 0.2) is 101 Å². The molecule has 180 valence electrons. The fourth-order valence-corrected chi connectivity index (χ4v) is 4.08. The zero-order chi connectivity index (χ0) is 25.1. The molecule has 0 atom stereocenters. The standard InChI is InChI=1S/C27H22FN5O3/c28-21-13-7-8-14-22(21)30-23(34)17-33-26(35)24-25(29-18-31(24)15-19-9-3-1-4-10-19)32(27(33)36)16-20-11-5-2-6-12-20/h1-14,18H,15-17H2,(H,30,34). The van der Waals surface area contributed by atoms with Gasteiger partial charge in [-0.2, -0.15) is 0 Å². The van der Waals surface area contributed by atoms with Crippen LogP contribution in [0, 0.1) is 5.82 Å². The SMILES string of the molecule is O=C(Cn1c(=O)c2c(ncn2Cc2ccccc2)n(Cc2ccccc2)c1=O)Nc1ccccc1F. The lowest BCUT2D eigenvalue weighted by Gasteiger charge is -2.13. The Morgan fingerprint density at radius 2 is 1.42 bits per heavy atom. The Morgan fingerprint density at radius 3 is 2.08 bits per heavy atom. The van der Waals surface area contributed by atoms with Crippen molar-refractivity contribution in [3.63, 3.8) is 0 Å². The topological polar surface area (TPSA) is 90.9 Å². The molecule has 0 saturated heterocycles. The summed E-state index contributed by atoms with van der Waals surface area (Å²) in [4.78, 5) is 44.1. The summed E-state index contributed by atoms with van der Waals surface area (Å²) in [5, 5.41) is 2.43. The van der Waals surface area contributed by atoms with Gasteiger partial charge < -0.3 is 9.88 Å². The minimum Gasteiger partial charge on any atom is -0.322 e. The van der Waals surface area contributed by atoms with Crippen LogP contribution in [0.5, 0.6) is 0 Å². The second-order valence-corrected chi connectivity index (χ2v) is 8.30. The monoisotopic (exact) mass is 483 g/mol. The lowest BCUT2D eigenvalue weighted by Crippen LogP contribution is -2.43. The number of benzene rings is 3. The summed E-state index contributed by atoms with van der Waals surface area (Å²) in [5.74, 6) is -1.31. The number of para-hydroxylation sites is 1. The largest absolute Gasteiger partial charge is 0.333 e. The first kappa shape index (κ1) is 23.0. The number of fused-ring (bicyclic) bond motifs is 1. The summed E-state index contributed by atoms with van der Waals surface area (Å²) < 4.78 is 17.9. The third kappa shape index (κ3) is 4.58. The summed E-state index contributed by atoms with van der Waals surface area (Å²) in [6.45, 7) is -0.0570. The van der Waals surface area contributed by atoms with Gasteiger partial charge in [0.25, 0.3) is 5.56 Å². The highest BCUT2D eigenvalue weighted by molar-refractivity contribution is 5.90. The number of amides is 1. The van der Waals surface area contributed by atoms with E-state index in [0.29, 0.717) is 6.54 Å². The molecule has 8 nitrogen and oxygen atoms in total. The van der Waals surface area contributed by atoms with Crippen molar-refractivity contribution in [1.29, 1.82) is 0 Å². The molecule has 0 aliphatic rings. The molecule has 0 saturated carbocycles. The lowest BCUT2D eigenvalue weighted by atomic mass is 10.2. The highest BCUT2D eigenvalue weighted by atomic mass is 19.1. The van der Waals surface area contributed by atoms with Crippen molar-refractivity contribution in [1.82, 2.24) is 18.7 Å². The number of nitrogens with one attached hydrogen (secondary N) is 1. The maximum Gasteiger partial charge on any atom is 0.333 e. The smallest absolute Gasteiger partial charge is 0.322 e. The number of carbonyl (C=O) groups excluding carboxylic acids is 1. The fourth-order valence-electron chi connectivity index (χ4n) is 4.08. The van der Waals surface area contributed by atoms with E-state index < -0.39 is 29.5 Å². The first-order valence-corrected chi connectivity index (χ1v) is 11.3. The normalized spacial score (nSPS) is 11.0. The zero-order valence-electron chi connectivity index (χ0n) is 19.2. The summed E-state index contributed by atoms with van der Waals surface area (Å²) in [6.07, 6.45) is 1.52. The average Bonchev–Trinajstić information content (AvgIpc) is 3.30. The number of imidazole rings is 1. The predicted molar refractivity (Wildman–Crippen MR) is 134 cm³/mol. The number of anilines is 1. The summed E-state index contributed by atoms with van der Waals surface area (Å²) >= 11 is 0. The van der Waals surface area contributed by atoms with Crippen LogP contribution >= 0.6 is 0 Å². The molecular formula is C27H22FN5O3. The van der Waals surface area contributed by atoms with Crippen LogP contribution in [0.3, 0.4) is 0 Å². The van der Waals surface area contributed by atoms with Gasteiger partial charge in [0.1, 0.15) is 12.4 Å². The maximum absolute atomic E-state index is 14.0. The molecule has 0 spiro atoms. The lowest BCUT2D eigenvalue weighted by molar-refractivity contribution is -0.116. The molecule has 2 aromatic heterocycles. The van der Waals surface area contributed by atoms with Crippen molar-refractivity contribution >= 4 is 22.8 Å². The molecule has 0 unspecified atom stereocenters. The highest BCUT2D eigenvalue weighted by Crippen LogP contribution is 2.14. The minimum absolute atomic E-state index is 0.0321. The van der Waals surface area contributed by atoms with Gasteiger partial charge in [0, 0.05) is 6.54 Å². The Labute approximate surface area is 204 Å². The second-order valence-electron chi connectivity index (χ2n) is 8.30. The molecule has 1 N–H and O–H groups in total. The molecule has 0 fully saturated rings. The van der Waals surface area contributed by atoms with Gasteiger partial charge in [-0.1, -0.05) is 72.8 Å². The van der Waals surface area contributed by atoms with Gasteiger partial charge in [0.05, 0.1) is 18.6 Å². The summed E-state index contributed by atoms with van der Waals surface area (Å²) in [7, 11) is 0. The Balaban J connectivity index is 1.60. The Kier molecular flexibility index (Phi) is 6.27. The number of carbonyl (C=O) groups is 1. The molecule has 1 amide bonds. The Bertz CT molecular complexity index is 1660. The van der Waals surface area contributed by atoms with Gasteiger partial charge in [-0.15, -0.1) is 0 Å². The molecule has 36 heavy (non-hydrogen) atoms. The van der Waals surface area contributed by atoms with Crippen molar-refractivity contribution in [2.24, 2.45) is 0 Å². The highest BCUT2D eigenvalue weighted by Gasteiger charge is 2.20. The van der Waals surface area contributed by atoms with E-state index in [-0.39, 0.29) is 23.4 Å². The van der Waals surface area contributed by atoms with Gasteiger partial charge in [-0.25, -0.2) is 18.7 Å². The third-order valence-electron chi connectivity index (χ3n) is 5.81. The van der Waals surface area contributed by atoms with E-state index in [1.54, 1.807) is 10.6 Å². The molecule has 5 rings (SSSR count). The van der Waals surface area contributed by atoms with Crippen LogP contribution in [-0.4, -0.2) is 24.6 Å². The van der Waals surface area contributed by atoms with Crippen molar-refractivity contribution in [2.45, 2.75) is 19.6 Å². The molecule has 5 aromatic rings. The van der Waals surface area contributed by atoms with Crippen molar-refractivity contribution < 1.29 is 9.18 Å². The van der Waals surface area contributed by atoms with Crippen LogP contribution in [0.4, 0.5) is 10.1 Å². The van der Waals surface area contributed by atoms with Crippen molar-refractivity contribution in [3.05, 3.63) is 129 Å². The molecule has 0 aliphatic carbocycles. The maximum atomic E-state index is 14.0. The molecule has 9 heteroatoms. The van der Waals surface area contributed by atoms with E-state index in [0.717, 1.165) is 15.7 Å². The van der Waals surface area contributed by atoms with E-state index in [2.05, 4.69) is 10.3 Å². The molecular weight excluding hydrogens is 461 g/mol. The van der Waals surface area contributed by atoms with E-state index in [1.807, 2.05) is 60.7 Å². The van der Waals surface area contributed by atoms with E-state index >= 15 is 0 Å².